The van der Waals surface area contributed by atoms with Gasteiger partial charge in [-0.15, -0.1) is 0 Å². The molecule has 31 heavy (non-hydrogen) atoms. The van der Waals surface area contributed by atoms with Crippen molar-refractivity contribution in [2.75, 3.05) is 18.0 Å². The number of phenols is 1. The molecule has 3 rings (SSSR count). The Hall–Kier alpha value is -3.92. The van der Waals surface area contributed by atoms with Crippen molar-refractivity contribution in [1.82, 2.24) is 10.4 Å². The second kappa shape index (κ2) is 9.72. The molecule has 0 radical (unpaired) electrons. The minimum atomic E-state index is -4.03. The molecule has 2 aromatic carbocycles. The first-order valence-electron chi connectivity index (χ1n) is 9.09. The van der Waals surface area contributed by atoms with E-state index in [1.54, 1.807) is 36.4 Å². The Morgan fingerprint density at radius 3 is 2.58 bits per heavy atom. The summed E-state index contributed by atoms with van der Waals surface area (Å²) in [6, 6.07) is 17.1. The fourth-order valence-electron chi connectivity index (χ4n) is 2.63. The Bertz CT molecular complexity index is 1170. The van der Waals surface area contributed by atoms with Crippen LogP contribution in [0.3, 0.4) is 0 Å². The van der Waals surface area contributed by atoms with Crippen molar-refractivity contribution in [1.29, 1.82) is 0 Å². The van der Waals surface area contributed by atoms with E-state index in [1.807, 2.05) is 0 Å². The maximum atomic E-state index is 13.1. The van der Waals surface area contributed by atoms with Crippen molar-refractivity contribution in [2.24, 2.45) is 5.10 Å². The van der Waals surface area contributed by atoms with Crippen molar-refractivity contribution >= 4 is 28.0 Å². The largest absolute Gasteiger partial charge is 0.504 e. The van der Waals surface area contributed by atoms with E-state index >= 15 is 0 Å². The highest BCUT2D eigenvalue weighted by Gasteiger charge is 2.27. The fraction of sp³-hybridized carbons (Fsp3) is 0.0952. The molecule has 1 aromatic heterocycles. The molecule has 160 valence electrons. The van der Waals surface area contributed by atoms with Crippen LogP contribution in [0.2, 0.25) is 0 Å². The Balaban J connectivity index is 1.78. The zero-order valence-corrected chi connectivity index (χ0v) is 17.4. The van der Waals surface area contributed by atoms with Gasteiger partial charge in [-0.1, -0.05) is 24.3 Å². The van der Waals surface area contributed by atoms with Crippen LogP contribution in [0.1, 0.15) is 5.56 Å². The number of amides is 1. The highest BCUT2D eigenvalue weighted by molar-refractivity contribution is 7.92. The number of hydrazone groups is 1. The van der Waals surface area contributed by atoms with Crippen molar-refractivity contribution in [3.05, 3.63) is 78.5 Å². The van der Waals surface area contributed by atoms with Crippen molar-refractivity contribution in [3.8, 4) is 11.5 Å². The molecular weight excluding hydrogens is 420 g/mol. The number of sulfonamides is 1. The van der Waals surface area contributed by atoms with Crippen LogP contribution in [0.15, 0.2) is 82.9 Å². The van der Waals surface area contributed by atoms with E-state index in [-0.39, 0.29) is 22.2 Å². The van der Waals surface area contributed by atoms with E-state index < -0.39 is 22.5 Å². The van der Waals surface area contributed by atoms with Gasteiger partial charge in [0.2, 0.25) is 0 Å². The summed E-state index contributed by atoms with van der Waals surface area (Å²) in [7, 11) is -2.61. The van der Waals surface area contributed by atoms with E-state index in [0.717, 1.165) is 4.31 Å². The van der Waals surface area contributed by atoms with Gasteiger partial charge in [-0.25, -0.2) is 23.1 Å². The predicted molar refractivity (Wildman–Crippen MR) is 116 cm³/mol. The number of methoxy groups -OCH3 is 1. The highest BCUT2D eigenvalue weighted by Crippen LogP contribution is 2.25. The molecule has 0 unspecified atom stereocenters. The van der Waals surface area contributed by atoms with Gasteiger partial charge in [-0.3, -0.25) is 4.79 Å². The molecule has 0 saturated heterocycles. The van der Waals surface area contributed by atoms with E-state index in [1.165, 1.54) is 49.9 Å². The van der Waals surface area contributed by atoms with Gasteiger partial charge in [0.15, 0.2) is 11.5 Å². The van der Waals surface area contributed by atoms with Crippen LogP contribution >= 0.6 is 0 Å². The van der Waals surface area contributed by atoms with Gasteiger partial charge >= 0.3 is 0 Å². The summed E-state index contributed by atoms with van der Waals surface area (Å²) in [5.74, 6) is -0.327. The van der Waals surface area contributed by atoms with Crippen molar-refractivity contribution in [2.45, 2.75) is 4.90 Å². The van der Waals surface area contributed by atoms with Gasteiger partial charge in [0.1, 0.15) is 12.4 Å². The van der Waals surface area contributed by atoms with Gasteiger partial charge in [0.05, 0.1) is 18.2 Å². The molecule has 9 nitrogen and oxygen atoms in total. The van der Waals surface area contributed by atoms with Crippen molar-refractivity contribution in [3.63, 3.8) is 0 Å². The molecule has 0 fully saturated rings. The number of carbonyl (C=O) groups excluding carboxylic acids is 1. The summed E-state index contributed by atoms with van der Waals surface area (Å²) < 4.78 is 32.1. The second-order valence-corrected chi connectivity index (χ2v) is 8.10. The minimum Gasteiger partial charge on any atom is -0.504 e. The molecule has 0 spiro atoms. The topological polar surface area (TPSA) is 121 Å². The lowest BCUT2D eigenvalue weighted by Crippen LogP contribution is -2.40. The van der Waals surface area contributed by atoms with Crippen LogP contribution in [-0.4, -0.2) is 44.3 Å². The smallest absolute Gasteiger partial charge is 0.265 e. The molecule has 1 heterocycles. The average molecular weight is 440 g/mol. The third-order valence-corrected chi connectivity index (χ3v) is 5.89. The number of aromatic hydroxyl groups is 1. The van der Waals surface area contributed by atoms with E-state index in [9.17, 15) is 18.3 Å². The van der Waals surface area contributed by atoms with E-state index in [4.69, 9.17) is 4.74 Å². The third kappa shape index (κ3) is 5.37. The van der Waals surface area contributed by atoms with Crippen LogP contribution in [0, 0.1) is 0 Å². The SMILES string of the molecule is COc1cc(/C=N\NC(=O)CN(c2ccccn2)S(=O)(=O)c2ccccc2)ccc1O. The second-order valence-electron chi connectivity index (χ2n) is 6.24. The summed E-state index contributed by atoms with van der Waals surface area (Å²) >= 11 is 0. The van der Waals surface area contributed by atoms with Gasteiger partial charge in [-0.05, 0) is 48.0 Å². The molecule has 0 bridgehead atoms. The zero-order valence-electron chi connectivity index (χ0n) is 16.5. The van der Waals surface area contributed by atoms with Gasteiger partial charge in [0.25, 0.3) is 15.9 Å². The number of benzene rings is 2. The monoisotopic (exact) mass is 440 g/mol. The Morgan fingerprint density at radius 2 is 1.90 bits per heavy atom. The normalized spacial score (nSPS) is 11.3. The van der Waals surface area contributed by atoms with Gasteiger partial charge in [-0.2, -0.15) is 5.10 Å². The first-order chi connectivity index (χ1) is 14.9. The van der Waals surface area contributed by atoms with Crippen LogP contribution in [-0.2, 0) is 14.8 Å². The number of rotatable bonds is 8. The lowest BCUT2D eigenvalue weighted by molar-refractivity contribution is -0.119. The fourth-order valence-corrected chi connectivity index (χ4v) is 4.03. The predicted octanol–water partition coefficient (Wildman–Crippen LogP) is 2.14. The lowest BCUT2D eigenvalue weighted by atomic mass is 10.2. The van der Waals surface area contributed by atoms with E-state index in [2.05, 4.69) is 15.5 Å². The first-order valence-corrected chi connectivity index (χ1v) is 10.5. The first kappa shape index (κ1) is 21.8. The molecule has 10 heteroatoms. The van der Waals surface area contributed by atoms with Crippen LogP contribution in [0.4, 0.5) is 5.82 Å². The lowest BCUT2D eigenvalue weighted by Gasteiger charge is -2.22. The maximum Gasteiger partial charge on any atom is 0.265 e. The molecular formula is C21H20N4O5S. The Morgan fingerprint density at radius 1 is 1.16 bits per heavy atom. The summed E-state index contributed by atoms with van der Waals surface area (Å²) in [5.41, 5.74) is 2.86. The minimum absolute atomic E-state index is 0.0270. The Labute approximate surface area is 179 Å². The summed E-state index contributed by atoms with van der Waals surface area (Å²) in [5, 5.41) is 13.5. The quantitative estimate of drug-likeness (QED) is 0.409. The summed E-state index contributed by atoms with van der Waals surface area (Å²) in [6.45, 7) is -0.523. The van der Waals surface area contributed by atoms with Crippen molar-refractivity contribution < 1.29 is 23.1 Å². The molecule has 0 aliphatic carbocycles. The van der Waals surface area contributed by atoms with Crippen LogP contribution < -0.4 is 14.5 Å². The van der Waals surface area contributed by atoms with Crippen LogP contribution in [0.25, 0.3) is 0 Å². The third-order valence-electron chi connectivity index (χ3n) is 4.13. The Kier molecular flexibility index (Phi) is 6.83. The maximum absolute atomic E-state index is 13.1. The number of nitrogens with one attached hydrogen (secondary N) is 1. The van der Waals surface area contributed by atoms with E-state index in [0.29, 0.717) is 5.56 Å². The molecule has 0 atom stereocenters. The highest BCUT2D eigenvalue weighted by atomic mass is 32.2. The molecule has 0 aliphatic rings. The number of nitrogens with zero attached hydrogens (tertiary/aromatic N) is 3. The summed E-state index contributed by atoms with van der Waals surface area (Å²) in [4.78, 5) is 16.6. The number of pyridine rings is 1. The standard InChI is InChI=1S/C21H20N4O5S/c1-30-19-13-16(10-11-18(19)26)14-23-24-21(27)15-25(20-9-5-6-12-22-20)31(28,29)17-7-3-2-4-8-17/h2-14,26H,15H2,1H3,(H,24,27)/b23-14-. The summed E-state index contributed by atoms with van der Waals surface area (Å²) in [6.07, 6.45) is 2.79. The molecule has 0 aliphatic heterocycles. The van der Waals surface area contributed by atoms with Gasteiger partial charge < -0.3 is 9.84 Å². The molecule has 3 aromatic rings. The molecule has 0 saturated carbocycles. The average Bonchev–Trinajstić information content (AvgIpc) is 2.79. The number of ether oxygens (including phenoxy) is 1. The van der Waals surface area contributed by atoms with Crippen LogP contribution in [0.5, 0.6) is 11.5 Å². The molecule has 2 N–H and O–H groups in total. The number of phenolic OH excluding ortho intramolecular Hbond substituents is 1. The number of hydrogen-bond donors (Lipinski definition) is 2. The zero-order chi connectivity index (χ0) is 22.3. The van der Waals surface area contributed by atoms with Gasteiger partial charge in [0, 0.05) is 6.20 Å². The number of anilines is 1. The number of carbonyl (C=O) groups is 1. The molecule has 1 amide bonds. The number of hydrogen-bond acceptors (Lipinski definition) is 7. The number of aromatic nitrogens is 1.